The van der Waals surface area contributed by atoms with Gasteiger partial charge in [0.25, 0.3) is 11.8 Å². The van der Waals surface area contributed by atoms with Gasteiger partial charge in [-0.1, -0.05) is 84.9 Å². The molecule has 0 aliphatic carbocycles. The van der Waals surface area contributed by atoms with Crippen LogP contribution in [0.2, 0.25) is 0 Å². The van der Waals surface area contributed by atoms with E-state index in [0.717, 1.165) is 22.3 Å². The summed E-state index contributed by atoms with van der Waals surface area (Å²) in [6, 6.07) is 32.6. The van der Waals surface area contributed by atoms with Crippen LogP contribution in [0.3, 0.4) is 0 Å². The second kappa shape index (κ2) is 21.5. The molecule has 0 aliphatic rings. The number of aliphatic hydroxyl groups excluding tert-OH is 3. The number of amides is 2. The Morgan fingerprint density at radius 2 is 0.922 bits per heavy atom. The van der Waals surface area contributed by atoms with Gasteiger partial charge in [-0.25, -0.2) is 0 Å². The first-order valence-electron chi connectivity index (χ1n) is 16.5. The van der Waals surface area contributed by atoms with Crippen LogP contribution in [0.25, 0.3) is 0 Å². The molecule has 10 heteroatoms. The highest BCUT2D eigenvalue weighted by Gasteiger charge is 2.17. The van der Waals surface area contributed by atoms with Crippen LogP contribution >= 0.6 is 0 Å². The molecule has 0 unspecified atom stereocenters. The second-order valence-corrected chi connectivity index (χ2v) is 11.7. The van der Waals surface area contributed by atoms with Gasteiger partial charge in [-0.3, -0.25) is 24.0 Å². The quantitative estimate of drug-likeness (QED) is 0.141. The fraction of sp³-hybridized carbons (Fsp3) is 0.244. The maximum Gasteiger partial charge on any atom is 0.254 e. The molecule has 0 aromatic heterocycles. The van der Waals surface area contributed by atoms with Gasteiger partial charge in [0.15, 0.2) is 17.3 Å². The van der Waals surface area contributed by atoms with Crippen LogP contribution in [0.4, 0.5) is 0 Å². The van der Waals surface area contributed by atoms with E-state index < -0.39 is 6.61 Å². The lowest BCUT2D eigenvalue weighted by Crippen LogP contribution is -2.33. The van der Waals surface area contributed by atoms with E-state index in [0.29, 0.717) is 24.2 Å². The van der Waals surface area contributed by atoms with Crippen LogP contribution in [0, 0.1) is 0 Å². The zero-order valence-electron chi connectivity index (χ0n) is 28.7. The first kappa shape index (κ1) is 39.9. The van der Waals surface area contributed by atoms with Crippen LogP contribution in [0.5, 0.6) is 0 Å². The Balaban J connectivity index is 0.000000277. The molecule has 10 nitrogen and oxygen atoms in total. The Bertz CT molecular complexity index is 1740. The fourth-order valence-electron chi connectivity index (χ4n) is 4.99. The molecule has 0 bridgehead atoms. The van der Waals surface area contributed by atoms with Crippen molar-refractivity contribution in [2.24, 2.45) is 0 Å². The average molecular weight is 693 g/mol. The minimum absolute atomic E-state index is 0.109. The summed E-state index contributed by atoms with van der Waals surface area (Å²) in [4.78, 5) is 62.2. The second-order valence-electron chi connectivity index (χ2n) is 11.7. The van der Waals surface area contributed by atoms with E-state index in [2.05, 4.69) is 0 Å². The summed E-state index contributed by atoms with van der Waals surface area (Å²) in [6.45, 7) is 1.94. The van der Waals surface area contributed by atoms with Gasteiger partial charge in [0.1, 0.15) is 6.61 Å². The smallest absolute Gasteiger partial charge is 0.254 e. The van der Waals surface area contributed by atoms with Crippen molar-refractivity contribution in [2.75, 3.05) is 32.9 Å². The number of benzene rings is 4. The lowest BCUT2D eigenvalue weighted by Gasteiger charge is -2.22. The molecule has 2 amide bonds. The summed E-state index contributed by atoms with van der Waals surface area (Å²) in [5.41, 5.74) is 4.62. The number of carbonyl (C=O) groups excluding carboxylic acids is 5. The first-order valence-corrected chi connectivity index (χ1v) is 16.5. The largest absolute Gasteiger partial charge is 0.395 e. The Labute approximate surface area is 298 Å². The zero-order valence-corrected chi connectivity index (χ0v) is 28.7. The number of Topliss-reactive ketones (excluding diaryl/α,β-unsaturated/α-hetero) is 1. The number of allylic oxidation sites excluding steroid dienone is 2. The van der Waals surface area contributed by atoms with E-state index in [4.69, 9.17) is 5.11 Å². The first-order chi connectivity index (χ1) is 24.6. The Morgan fingerprint density at radius 1 is 0.529 bits per heavy atom. The highest BCUT2D eigenvalue weighted by Crippen LogP contribution is 2.14. The summed E-state index contributed by atoms with van der Waals surface area (Å²) >= 11 is 0. The highest BCUT2D eigenvalue weighted by molar-refractivity contribution is 5.98. The molecule has 0 fully saturated rings. The minimum Gasteiger partial charge on any atom is -0.395 e. The Kier molecular flexibility index (Phi) is 16.8. The van der Waals surface area contributed by atoms with Gasteiger partial charge in [0.05, 0.1) is 13.2 Å². The zero-order chi connectivity index (χ0) is 37.0. The normalized spacial score (nSPS) is 10.6. The van der Waals surface area contributed by atoms with Crippen molar-refractivity contribution in [1.82, 2.24) is 9.80 Å². The van der Waals surface area contributed by atoms with E-state index in [1.54, 1.807) is 58.3 Å². The third-order valence-electron chi connectivity index (χ3n) is 7.61. The Morgan fingerprint density at radius 3 is 1.29 bits per heavy atom. The topological polar surface area (TPSA) is 153 Å². The van der Waals surface area contributed by atoms with Crippen molar-refractivity contribution >= 4 is 29.2 Å². The monoisotopic (exact) mass is 692 g/mol. The molecule has 266 valence electrons. The van der Waals surface area contributed by atoms with E-state index >= 15 is 0 Å². The van der Waals surface area contributed by atoms with E-state index in [1.807, 2.05) is 60.7 Å². The van der Waals surface area contributed by atoms with E-state index in [9.17, 15) is 34.2 Å². The third kappa shape index (κ3) is 14.1. The van der Waals surface area contributed by atoms with Gasteiger partial charge in [0, 0.05) is 50.1 Å². The van der Waals surface area contributed by atoms with Gasteiger partial charge in [-0.2, -0.15) is 0 Å². The molecule has 3 N–H and O–H groups in total. The number of hydrogen-bond acceptors (Lipinski definition) is 8. The molecule has 0 heterocycles. The molecule has 51 heavy (non-hydrogen) atoms. The lowest BCUT2D eigenvalue weighted by molar-refractivity contribution is -0.121. The van der Waals surface area contributed by atoms with Gasteiger partial charge in [-0.05, 0) is 65.6 Å². The number of ketones is 3. The maximum absolute atomic E-state index is 12.6. The van der Waals surface area contributed by atoms with Crippen LogP contribution in [0.15, 0.2) is 121 Å². The number of carbonyl (C=O) groups is 5. The molecular weight excluding hydrogens is 648 g/mol. The predicted molar refractivity (Wildman–Crippen MR) is 194 cm³/mol. The van der Waals surface area contributed by atoms with Crippen molar-refractivity contribution in [3.05, 3.63) is 155 Å². The van der Waals surface area contributed by atoms with Gasteiger partial charge >= 0.3 is 0 Å². The standard InChI is InChI=1S/C22H23NO4.C19H21NO4/c1-17(25)7-12-21(26)15-18-8-10-19(11-9-18)16-23(13-14-24)22(27)20-5-3-2-4-6-20;21-11-10-20(19(24)17-4-2-1-3-5-17)13-16-8-6-15(7-9-16)12-18(23)14-22/h2-12,24H,13-16H2,1H3;1-9,21-22H,10-14H2/b12-7+;. The van der Waals surface area contributed by atoms with Crippen LogP contribution in [-0.2, 0) is 40.3 Å². The summed E-state index contributed by atoms with van der Waals surface area (Å²) in [5, 5.41) is 27.3. The van der Waals surface area contributed by atoms with E-state index in [-0.39, 0.29) is 68.3 Å². The molecule has 0 saturated carbocycles. The lowest BCUT2D eigenvalue weighted by atomic mass is 10.1. The summed E-state index contributed by atoms with van der Waals surface area (Å²) in [6.07, 6.45) is 2.96. The van der Waals surface area contributed by atoms with Crippen LogP contribution in [-0.4, -0.2) is 87.2 Å². The molecule has 0 aliphatic heterocycles. The van der Waals surface area contributed by atoms with Crippen LogP contribution in [0.1, 0.15) is 49.9 Å². The number of aliphatic hydroxyl groups is 3. The van der Waals surface area contributed by atoms with Crippen molar-refractivity contribution in [1.29, 1.82) is 0 Å². The van der Waals surface area contributed by atoms with E-state index in [1.165, 1.54) is 19.1 Å². The highest BCUT2D eigenvalue weighted by atomic mass is 16.3. The maximum atomic E-state index is 12.6. The van der Waals surface area contributed by atoms with Gasteiger partial charge < -0.3 is 25.1 Å². The summed E-state index contributed by atoms with van der Waals surface area (Å²) in [5.74, 6) is -0.809. The molecule has 0 atom stereocenters. The molecule has 4 rings (SSSR count). The van der Waals surface area contributed by atoms with Crippen molar-refractivity contribution < 1.29 is 39.3 Å². The third-order valence-corrected chi connectivity index (χ3v) is 7.61. The predicted octanol–water partition coefficient (Wildman–Crippen LogP) is 4.00. The molecule has 0 spiro atoms. The van der Waals surface area contributed by atoms with Crippen molar-refractivity contribution in [3.8, 4) is 0 Å². The fourth-order valence-corrected chi connectivity index (χ4v) is 4.99. The van der Waals surface area contributed by atoms with Gasteiger partial charge in [-0.15, -0.1) is 0 Å². The molecule has 4 aromatic carbocycles. The summed E-state index contributed by atoms with van der Waals surface area (Å²) < 4.78 is 0. The van der Waals surface area contributed by atoms with Crippen molar-refractivity contribution in [2.45, 2.75) is 32.9 Å². The molecule has 4 aromatic rings. The number of rotatable bonds is 17. The van der Waals surface area contributed by atoms with Crippen LogP contribution < -0.4 is 0 Å². The average Bonchev–Trinajstić information content (AvgIpc) is 3.15. The molecule has 0 saturated heterocycles. The molecular formula is C41H44N2O8. The van der Waals surface area contributed by atoms with Crippen molar-refractivity contribution in [3.63, 3.8) is 0 Å². The van der Waals surface area contributed by atoms with Gasteiger partial charge in [0.2, 0.25) is 0 Å². The minimum atomic E-state index is -0.461. The SMILES string of the molecule is CC(=O)/C=C/C(=O)Cc1ccc(CN(CCO)C(=O)c2ccccc2)cc1.O=C(CO)Cc1ccc(CN(CCO)C(=O)c2ccccc2)cc1. The summed E-state index contributed by atoms with van der Waals surface area (Å²) in [7, 11) is 0. The number of hydrogen-bond donors (Lipinski definition) is 3. The molecule has 0 radical (unpaired) electrons. The Hall–Kier alpha value is -5.55. The number of nitrogens with zero attached hydrogens (tertiary/aromatic N) is 2.